The number of amides is 12. The average molecular weight is 1380 g/mol. The lowest BCUT2D eigenvalue weighted by Crippen LogP contribution is -2.62. The number of benzene rings is 2. The Kier molecular flexibility index (Phi) is 35.3. The van der Waals surface area contributed by atoms with Crippen LogP contribution in [0, 0.1) is 23.7 Å². The van der Waals surface area contributed by atoms with Gasteiger partial charge in [-0.25, -0.2) is 0 Å². The summed E-state index contributed by atoms with van der Waals surface area (Å²) in [5.41, 5.74) is 0.634. The molecule has 0 aromatic heterocycles. The molecule has 0 saturated carbocycles. The fourth-order valence-corrected chi connectivity index (χ4v) is 11.3. The highest BCUT2D eigenvalue weighted by Gasteiger charge is 2.43. The molecule has 26 heteroatoms. The summed E-state index contributed by atoms with van der Waals surface area (Å²) in [5, 5.41) is 24.6. The van der Waals surface area contributed by atoms with Crippen molar-refractivity contribution in [3.8, 4) is 0 Å². The predicted molar refractivity (Wildman–Crippen MR) is 376 cm³/mol. The molecule has 13 atom stereocenters. The van der Waals surface area contributed by atoms with Gasteiger partial charge in [-0.3, -0.25) is 57.5 Å². The quantitative estimate of drug-likeness (QED) is 0.0523. The molecule has 0 aliphatic carbocycles. The Morgan fingerprint density at radius 3 is 1.32 bits per heavy atom. The molecule has 0 heterocycles. The van der Waals surface area contributed by atoms with Gasteiger partial charge in [0.25, 0.3) is 0 Å². The van der Waals surface area contributed by atoms with Gasteiger partial charge in [-0.05, 0) is 109 Å². The number of carbonyl (C=O) groups is 12. The van der Waals surface area contributed by atoms with Gasteiger partial charge in [0.2, 0.25) is 71.4 Å². The van der Waals surface area contributed by atoms with Crippen molar-refractivity contribution in [1.82, 2.24) is 60.9 Å². The Balaban J connectivity index is 2.52. The summed E-state index contributed by atoms with van der Waals surface area (Å²) in [4.78, 5) is 179. The molecule has 6 N–H and O–H groups in total. The number of ether oxygens (including phenoxy) is 1. The van der Waals surface area contributed by atoms with Gasteiger partial charge in [-0.15, -0.1) is 0 Å². The van der Waals surface area contributed by atoms with Gasteiger partial charge in [-0.1, -0.05) is 122 Å². The number of hydrogen-bond donors (Lipinski definition) is 6. The first-order chi connectivity index (χ1) is 45.6. The van der Waals surface area contributed by atoms with E-state index in [9.17, 15) is 57.8 Å². The van der Waals surface area contributed by atoms with Gasteiger partial charge >= 0.3 is 0 Å². The fraction of sp³-hybridized carbons (Fsp3) is 0.667. The van der Waals surface area contributed by atoms with Crippen LogP contribution >= 0.6 is 0 Å². The Morgan fingerprint density at radius 2 is 0.878 bits per heavy atom. The minimum Gasteiger partial charge on any atom is -0.391 e. The molecule has 0 radical (unpaired) electrons. The second-order valence-corrected chi connectivity index (χ2v) is 28.4. The number of hydrogen-bond acceptors (Lipinski definition) is 14. The van der Waals surface area contributed by atoms with E-state index in [1.54, 1.807) is 65.0 Å². The van der Waals surface area contributed by atoms with Crippen molar-refractivity contribution in [3.63, 3.8) is 0 Å². The normalized spacial score (nSPS) is 15.5. The van der Waals surface area contributed by atoms with Crippen LogP contribution in [0.25, 0.3) is 0 Å². The molecule has 0 unspecified atom stereocenters. The third-order valence-electron chi connectivity index (χ3n) is 17.8. The molecule has 2 aromatic carbocycles. The van der Waals surface area contributed by atoms with Crippen LogP contribution < -0.4 is 26.6 Å². The molecule has 0 aliphatic heterocycles. The second-order valence-electron chi connectivity index (χ2n) is 28.4. The maximum Gasteiger partial charge on any atom is 0.247 e. The average Bonchev–Trinajstić information content (AvgIpc) is 0.816. The number of aliphatic hydroxyl groups excluding tert-OH is 1. The summed E-state index contributed by atoms with van der Waals surface area (Å²) >= 11 is 0. The lowest BCUT2D eigenvalue weighted by Gasteiger charge is -2.39. The van der Waals surface area contributed by atoms with Crippen LogP contribution in [0.4, 0.5) is 0 Å². The van der Waals surface area contributed by atoms with Crippen molar-refractivity contribution in [2.75, 3.05) is 62.5 Å². The maximum absolute atomic E-state index is 15.0. The largest absolute Gasteiger partial charge is 0.391 e. The molecule has 0 spiro atoms. The molecule has 0 saturated heterocycles. The molecule has 550 valence electrons. The van der Waals surface area contributed by atoms with Crippen LogP contribution in [0.1, 0.15) is 148 Å². The summed E-state index contributed by atoms with van der Waals surface area (Å²) in [5.74, 6) is -8.20. The van der Waals surface area contributed by atoms with Crippen LogP contribution in [0.5, 0.6) is 0 Å². The van der Waals surface area contributed by atoms with Gasteiger partial charge < -0.3 is 70.7 Å². The smallest absolute Gasteiger partial charge is 0.247 e. The van der Waals surface area contributed by atoms with Gasteiger partial charge in [0.1, 0.15) is 66.5 Å². The van der Waals surface area contributed by atoms with E-state index < -0.39 is 143 Å². The molecule has 98 heavy (non-hydrogen) atoms. The third-order valence-corrected chi connectivity index (χ3v) is 17.8. The molecule has 2 rings (SSSR count). The number of carbonyl (C=O) groups excluding carboxylic acids is 12. The lowest BCUT2D eigenvalue weighted by molar-refractivity contribution is -0.153. The van der Waals surface area contributed by atoms with Crippen LogP contribution in [-0.4, -0.2) is 251 Å². The molecule has 26 nitrogen and oxygen atoms in total. The maximum atomic E-state index is 15.0. The predicted octanol–water partition coefficient (Wildman–Crippen LogP) is 3.41. The first kappa shape index (κ1) is 86.1. The number of nitrogens with zero attached hydrogens (tertiary/aromatic N) is 7. The third kappa shape index (κ3) is 25.7. The molecule has 0 aliphatic rings. The highest BCUT2D eigenvalue weighted by atomic mass is 16.5. The number of aliphatic hydroxyl groups is 1. The number of likely N-dealkylation sites (N-methyl/N-ethyl adjacent to an activating group) is 8. The zero-order valence-corrected chi connectivity index (χ0v) is 62.6. The Hall–Kier alpha value is -8.00. The Bertz CT molecular complexity index is 2960. The summed E-state index contributed by atoms with van der Waals surface area (Å²) in [7, 11) is 10.0. The number of rotatable bonds is 39. The van der Waals surface area contributed by atoms with E-state index in [2.05, 4.69) is 26.6 Å². The van der Waals surface area contributed by atoms with E-state index in [1.807, 2.05) is 78.8 Å². The topological polar surface area (TPSA) is 317 Å². The minimum absolute atomic E-state index is 0.0251. The fourth-order valence-electron chi connectivity index (χ4n) is 11.3. The Morgan fingerprint density at radius 1 is 0.469 bits per heavy atom. The van der Waals surface area contributed by atoms with E-state index in [-0.39, 0.29) is 62.4 Å². The molecule has 12 amide bonds. The van der Waals surface area contributed by atoms with Crippen LogP contribution in [0.15, 0.2) is 60.7 Å². The van der Waals surface area contributed by atoms with Gasteiger partial charge in [0, 0.05) is 68.7 Å². The van der Waals surface area contributed by atoms with Crippen LogP contribution in [0.2, 0.25) is 0 Å². The summed E-state index contributed by atoms with van der Waals surface area (Å²) in [6, 6.07) is 4.60. The van der Waals surface area contributed by atoms with Crippen molar-refractivity contribution in [2.45, 2.75) is 227 Å². The van der Waals surface area contributed by atoms with Crippen molar-refractivity contribution in [2.24, 2.45) is 23.7 Å². The Labute approximate surface area is 582 Å². The molecule has 0 bridgehead atoms. The SMILES string of the molecule is CCNC(=O)[C@H](Cc1ccccc1)N(C)C(=O)[C@H](C)N(C)C(=O)[C@H](C)NC(=O)[C@H](CC(C)C)N(C)C(=O)[C@H](COC(C)(C)C)NC(=O)[C@H](CC(C)C)N(C)C(=O)[C@H](C)N(C)C(=O)[C@H]([C@@H](C)CC)N(C)C(=O)[C@H](Cc1ccccc1)NC(=O)[C@@H](NC(=O)[C@H](CC(C)C)N(C)C=O)[C@@H](C)O. The highest BCUT2D eigenvalue weighted by molar-refractivity contribution is 5.99. The van der Waals surface area contributed by atoms with E-state index in [0.717, 1.165) is 5.56 Å². The second kappa shape index (κ2) is 40.2. The number of nitrogens with one attached hydrogen (secondary N) is 5. The molecular formula is C72H118N12O14. The molecule has 0 fully saturated rings. The highest BCUT2D eigenvalue weighted by Crippen LogP contribution is 2.23. The summed E-state index contributed by atoms with van der Waals surface area (Å²) in [6.07, 6.45) is 0.0311. The van der Waals surface area contributed by atoms with Crippen LogP contribution in [0.3, 0.4) is 0 Å². The lowest BCUT2D eigenvalue weighted by atomic mass is 9.94. The van der Waals surface area contributed by atoms with Crippen LogP contribution in [-0.2, 0) is 75.1 Å². The summed E-state index contributed by atoms with van der Waals surface area (Å²) in [6.45, 7) is 27.5. The van der Waals surface area contributed by atoms with Gasteiger partial charge in [-0.2, -0.15) is 0 Å². The van der Waals surface area contributed by atoms with Crippen molar-refractivity contribution < 1.29 is 67.4 Å². The van der Waals surface area contributed by atoms with E-state index in [4.69, 9.17) is 4.74 Å². The van der Waals surface area contributed by atoms with E-state index >= 15 is 4.79 Å². The molecule has 2 aromatic rings. The first-order valence-electron chi connectivity index (χ1n) is 34.2. The zero-order chi connectivity index (χ0) is 75.0. The standard InChI is InChI=1S/C72H118N12O14/c1-24-46(9)60(84(23)69(95)53(39-51-32-28-26-29-33-51)75-65(91)59(50(13)86)77-62(88)55(36-43(3)4)78(17)42-85)71(97)80(19)49(12)68(94)81(20)57(38-45(7)8)64(90)76-54(41-98-72(14,15)16)70(96)83(22)56(37-44(5)6)63(89)74-47(10)66(92)79(18)48(11)67(93)82(21)58(61(87)73-25-2)40-52-34-30-27-31-35-52/h26-35,42-50,53-60,86H,24-25,36-41H2,1-23H3,(H,73,87)(H,74,89)(H,75,91)(H,76,90)(H,77,88)/t46-,47-,48-,49-,50+,53-,54-,55-,56-,57-,58-,59-,60-/m0/s1. The summed E-state index contributed by atoms with van der Waals surface area (Å²) < 4.78 is 6.14. The van der Waals surface area contributed by atoms with Crippen molar-refractivity contribution in [1.29, 1.82) is 0 Å². The van der Waals surface area contributed by atoms with Gasteiger partial charge in [0.15, 0.2) is 0 Å². The monoisotopic (exact) mass is 1370 g/mol. The first-order valence-corrected chi connectivity index (χ1v) is 34.2. The van der Waals surface area contributed by atoms with Crippen molar-refractivity contribution in [3.05, 3.63) is 71.8 Å². The molecular weight excluding hydrogens is 1260 g/mol. The van der Waals surface area contributed by atoms with E-state index in [1.165, 1.54) is 111 Å². The van der Waals surface area contributed by atoms with Crippen molar-refractivity contribution >= 4 is 71.4 Å². The van der Waals surface area contributed by atoms with E-state index in [0.29, 0.717) is 24.9 Å². The van der Waals surface area contributed by atoms with Gasteiger partial charge in [0.05, 0.1) is 18.3 Å². The minimum atomic E-state index is -1.57. The zero-order valence-electron chi connectivity index (χ0n) is 62.6.